The Balaban J connectivity index is 1.73. The van der Waals surface area contributed by atoms with E-state index in [0.29, 0.717) is 16.8 Å². The Morgan fingerprint density at radius 3 is 2.62 bits per heavy atom. The highest BCUT2D eigenvalue weighted by Gasteiger charge is 2.29. The molecule has 26 heavy (non-hydrogen) atoms. The number of ether oxygens (including phenoxy) is 3. The van der Waals surface area contributed by atoms with Crippen molar-refractivity contribution in [3.05, 3.63) is 56.5 Å². The van der Waals surface area contributed by atoms with Crippen molar-refractivity contribution < 1.29 is 23.9 Å². The SMILES string of the molecule is O=C(COCc1ccccc1)Nc1c([N+](=O)[O-])cc(Br)c2c1OCCO2. The van der Waals surface area contributed by atoms with Crippen molar-refractivity contribution in [3.63, 3.8) is 0 Å². The van der Waals surface area contributed by atoms with Crippen LogP contribution in [0, 0.1) is 10.1 Å². The smallest absolute Gasteiger partial charge is 0.298 e. The molecule has 1 amide bonds. The molecule has 9 heteroatoms. The molecule has 1 N–H and O–H groups in total. The summed E-state index contributed by atoms with van der Waals surface area (Å²) in [6.45, 7) is 0.553. The highest BCUT2D eigenvalue weighted by Crippen LogP contribution is 2.48. The molecular formula is C17H15BrN2O6. The summed E-state index contributed by atoms with van der Waals surface area (Å²) in [7, 11) is 0. The minimum absolute atomic E-state index is 0.0405. The molecule has 0 saturated carbocycles. The number of nitro groups is 1. The summed E-state index contributed by atoms with van der Waals surface area (Å²) in [5.74, 6) is -0.0705. The number of fused-ring (bicyclic) bond motifs is 1. The fourth-order valence-corrected chi connectivity index (χ4v) is 2.94. The first kappa shape index (κ1) is 18.2. The van der Waals surface area contributed by atoms with Gasteiger partial charge in [0.2, 0.25) is 0 Å². The lowest BCUT2D eigenvalue weighted by Crippen LogP contribution is -2.22. The maximum absolute atomic E-state index is 12.2. The quantitative estimate of drug-likeness (QED) is 0.566. The van der Waals surface area contributed by atoms with Crippen LogP contribution in [0.3, 0.4) is 0 Å². The van der Waals surface area contributed by atoms with E-state index in [9.17, 15) is 14.9 Å². The van der Waals surface area contributed by atoms with Crippen molar-refractivity contribution in [2.24, 2.45) is 0 Å². The van der Waals surface area contributed by atoms with Gasteiger partial charge in [-0.2, -0.15) is 0 Å². The van der Waals surface area contributed by atoms with Gasteiger partial charge in [-0.1, -0.05) is 30.3 Å². The minimum Gasteiger partial charge on any atom is -0.485 e. The number of amides is 1. The first-order valence-electron chi connectivity index (χ1n) is 7.74. The average Bonchev–Trinajstić information content (AvgIpc) is 2.64. The summed E-state index contributed by atoms with van der Waals surface area (Å²) >= 11 is 3.22. The van der Waals surface area contributed by atoms with E-state index in [0.717, 1.165) is 5.56 Å². The van der Waals surface area contributed by atoms with Crippen molar-refractivity contribution in [1.82, 2.24) is 0 Å². The number of nitrogens with one attached hydrogen (secondary N) is 1. The Kier molecular flexibility index (Phi) is 5.69. The zero-order valence-electron chi connectivity index (χ0n) is 13.6. The predicted octanol–water partition coefficient (Wildman–Crippen LogP) is 3.28. The van der Waals surface area contributed by atoms with E-state index in [-0.39, 0.29) is 36.9 Å². The molecule has 136 valence electrons. The van der Waals surface area contributed by atoms with E-state index in [1.54, 1.807) is 0 Å². The third-order valence-electron chi connectivity index (χ3n) is 3.55. The van der Waals surface area contributed by atoms with Gasteiger partial charge in [0, 0.05) is 6.07 Å². The number of hydrogen-bond acceptors (Lipinski definition) is 6. The highest BCUT2D eigenvalue weighted by molar-refractivity contribution is 9.10. The van der Waals surface area contributed by atoms with Crippen LogP contribution in [0.5, 0.6) is 11.5 Å². The summed E-state index contributed by atoms with van der Waals surface area (Å²) < 4.78 is 16.7. The van der Waals surface area contributed by atoms with Crippen LogP contribution >= 0.6 is 15.9 Å². The monoisotopic (exact) mass is 422 g/mol. The van der Waals surface area contributed by atoms with Gasteiger partial charge in [0.1, 0.15) is 19.8 Å². The Bertz CT molecular complexity index is 828. The molecule has 0 aliphatic carbocycles. The molecule has 1 aliphatic heterocycles. The third kappa shape index (κ3) is 4.12. The van der Waals surface area contributed by atoms with Gasteiger partial charge in [0.15, 0.2) is 17.2 Å². The fraction of sp³-hybridized carbons (Fsp3) is 0.235. The van der Waals surface area contributed by atoms with Crippen molar-refractivity contribution >= 4 is 33.2 Å². The molecule has 0 unspecified atom stereocenters. The second-order valence-electron chi connectivity index (χ2n) is 5.39. The standard InChI is InChI=1S/C17H15BrN2O6/c18-12-8-13(20(22)23)15(17-16(12)25-6-7-26-17)19-14(21)10-24-9-11-4-2-1-3-5-11/h1-5,8H,6-7,9-10H2,(H,19,21). The maximum atomic E-state index is 12.2. The van der Waals surface area contributed by atoms with Gasteiger partial charge in [-0.15, -0.1) is 0 Å². The number of anilines is 1. The Hall–Kier alpha value is -2.65. The zero-order valence-corrected chi connectivity index (χ0v) is 15.2. The van der Waals surface area contributed by atoms with Gasteiger partial charge >= 0.3 is 0 Å². The first-order chi connectivity index (χ1) is 12.6. The van der Waals surface area contributed by atoms with Crippen LogP contribution in [0.2, 0.25) is 0 Å². The number of carbonyl (C=O) groups excluding carboxylic acids is 1. The molecule has 0 aromatic heterocycles. The van der Waals surface area contributed by atoms with Gasteiger partial charge in [-0.05, 0) is 21.5 Å². The van der Waals surface area contributed by atoms with Gasteiger partial charge < -0.3 is 19.5 Å². The van der Waals surface area contributed by atoms with Crippen LogP contribution in [0.4, 0.5) is 11.4 Å². The van der Waals surface area contributed by atoms with E-state index in [4.69, 9.17) is 14.2 Å². The number of hydrogen-bond donors (Lipinski definition) is 1. The molecule has 3 rings (SSSR count). The van der Waals surface area contributed by atoms with Crippen molar-refractivity contribution in [1.29, 1.82) is 0 Å². The van der Waals surface area contributed by atoms with E-state index in [2.05, 4.69) is 21.2 Å². The molecule has 8 nitrogen and oxygen atoms in total. The topological polar surface area (TPSA) is 99.9 Å². The van der Waals surface area contributed by atoms with E-state index in [1.165, 1.54) is 6.07 Å². The molecule has 1 heterocycles. The lowest BCUT2D eigenvalue weighted by Gasteiger charge is -2.22. The lowest BCUT2D eigenvalue weighted by atomic mass is 10.2. The Morgan fingerprint density at radius 1 is 1.23 bits per heavy atom. The van der Waals surface area contributed by atoms with Crippen LogP contribution in [0.1, 0.15) is 5.56 Å². The molecule has 0 atom stereocenters. The Labute approximate surface area is 157 Å². The van der Waals surface area contributed by atoms with E-state index < -0.39 is 10.8 Å². The van der Waals surface area contributed by atoms with Crippen LogP contribution in [0.15, 0.2) is 40.9 Å². The lowest BCUT2D eigenvalue weighted by molar-refractivity contribution is -0.384. The Morgan fingerprint density at radius 2 is 1.92 bits per heavy atom. The molecule has 0 saturated heterocycles. The van der Waals surface area contributed by atoms with Gasteiger partial charge in [-0.25, -0.2) is 0 Å². The molecule has 1 aliphatic rings. The van der Waals surface area contributed by atoms with Crippen LogP contribution in [0.25, 0.3) is 0 Å². The van der Waals surface area contributed by atoms with Gasteiger partial charge in [0.25, 0.3) is 11.6 Å². The molecule has 0 fully saturated rings. The summed E-state index contributed by atoms with van der Waals surface area (Å²) in [6, 6.07) is 10.6. The van der Waals surface area contributed by atoms with Crippen molar-refractivity contribution in [3.8, 4) is 11.5 Å². The van der Waals surface area contributed by atoms with Crippen molar-refractivity contribution in [2.45, 2.75) is 6.61 Å². The third-order valence-corrected chi connectivity index (χ3v) is 4.14. The highest BCUT2D eigenvalue weighted by atomic mass is 79.9. The van der Waals surface area contributed by atoms with Crippen LogP contribution < -0.4 is 14.8 Å². The minimum atomic E-state index is -0.594. The molecule has 2 aromatic carbocycles. The molecule has 0 radical (unpaired) electrons. The van der Waals surface area contributed by atoms with Gasteiger partial charge in [-0.3, -0.25) is 14.9 Å². The summed E-state index contributed by atoms with van der Waals surface area (Å²) in [6.07, 6.45) is 0. The van der Waals surface area contributed by atoms with Gasteiger partial charge in [0.05, 0.1) is 16.0 Å². The number of carbonyl (C=O) groups is 1. The number of halogens is 1. The molecule has 0 bridgehead atoms. The summed E-state index contributed by atoms with van der Waals surface area (Å²) in [5, 5.41) is 13.8. The summed E-state index contributed by atoms with van der Waals surface area (Å²) in [5.41, 5.74) is 0.586. The normalized spacial score (nSPS) is 12.5. The fourth-order valence-electron chi connectivity index (χ4n) is 2.43. The second kappa shape index (κ2) is 8.15. The number of benzene rings is 2. The molecule has 0 spiro atoms. The molecular weight excluding hydrogens is 408 g/mol. The second-order valence-corrected chi connectivity index (χ2v) is 6.25. The summed E-state index contributed by atoms with van der Waals surface area (Å²) in [4.78, 5) is 22.9. The maximum Gasteiger partial charge on any atom is 0.298 e. The first-order valence-corrected chi connectivity index (χ1v) is 8.53. The van der Waals surface area contributed by atoms with E-state index >= 15 is 0 Å². The number of nitrogens with zero attached hydrogens (tertiary/aromatic N) is 1. The average molecular weight is 423 g/mol. The molecule has 2 aromatic rings. The number of rotatable bonds is 6. The van der Waals surface area contributed by atoms with Crippen LogP contribution in [-0.2, 0) is 16.1 Å². The number of nitro benzene ring substituents is 1. The van der Waals surface area contributed by atoms with Crippen LogP contribution in [-0.4, -0.2) is 30.7 Å². The van der Waals surface area contributed by atoms with E-state index in [1.807, 2.05) is 30.3 Å². The van der Waals surface area contributed by atoms with Crippen molar-refractivity contribution in [2.75, 3.05) is 25.1 Å². The zero-order chi connectivity index (χ0) is 18.5. The largest absolute Gasteiger partial charge is 0.485 e. The predicted molar refractivity (Wildman–Crippen MR) is 96.5 cm³/mol.